The fourth-order valence-electron chi connectivity index (χ4n) is 3.57. The highest BCUT2D eigenvalue weighted by Gasteiger charge is 2.21. The second-order valence-corrected chi connectivity index (χ2v) is 7.18. The number of hydrogen-bond donors (Lipinski definition) is 1. The third kappa shape index (κ3) is 3.63. The molecule has 3 heterocycles. The van der Waals surface area contributed by atoms with Gasteiger partial charge in [0.15, 0.2) is 5.65 Å². The lowest BCUT2D eigenvalue weighted by Crippen LogP contribution is -2.47. The fourth-order valence-corrected chi connectivity index (χ4v) is 3.57. The number of carbonyl (C=O) groups excluding carboxylic acids is 1. The minimum atomic E-state index is 0.0788. The van der Waals surface area contributed by atoms with Crippen molar-refractivity contribution < 1.29 is 9.90 Å². The van der Waals surface area contributed by atoms with Crippen LogP contribution in [0.15, 0.2) is 42.6 Å². The molecule has 0 saturated carbocycles. The molecule has 0 unspecified atom stereocenters. The van der Waals surface area contributed by atoms with Crippen molar-refractivity contribution in [2.45, 2.75) is 13.0 Å². The highest BCUT2D eigenvalue weighted by atomic mass is 16.3. The van der Waals surface area contributed by atoms with Crippen molar-refractivity contribution >= 4 is 17.1 Å². The number of aryl methyl sites for hydroxylation is 1. The molecule has 7 nitrogen and oxygen atoms in total. The molecule has 0 bridgehead atoms. The zero-order valence-electron chi connectivity index (χ0n) is 16.1. The van der Waals surface area contributed by atoms with Crippen LogP contribution in [0.25, 0.3) is 22.6 Å². The largest absolute Gasteiger partial charge is 0.396 e. The Morgan fingerprint density at radius 2 is 1.86 bits per heavy atom. The van der Waals surface area contributed by atoms with E-state index in [4.69, 9.17) is 4.98 Å². The lowest BCUT2D eigenvalue weighted by molar-refractivity contribution is 0.0664. The number of aliphatic hydroxyl groups is 1. The Kier molecular flexibility index (Phi) is 5.36. The van der Waals surface area contributed by atoms with E-state index in [2.05, 4.69) is 16.9 Å². The molecule has 0 spiro atoms. The molecule has 7 heteroatoms. The molecule has 1 aromatic carbocycles. The SMILES string of the molecule is CN1CCN(C(=O)c2ccc(-c3nc4cccnc4n3CCCO)cc2)CC1. The smallest absolute Gasteiger partial charge is 0.253 e. The predicted octanol–water partition coefficient (Wildman–Crippen LogP) is 1.87. The van der Waals surface area contributed by atoms with Crippen LogP contribution in [0, 0.1) is 0 Å². The van der Waals surface area contributed by atoms with Crippen molar-refractivity contribution in [3.8, 4) is 11.4 Å². The molecule has 4 rings (SSSR count). The summed E-state index contributed by atoms with van der Waals surface area (Å²) in [6.07, 6.45) is 2.38. The van der Waals surface area contributed by atoms with E-state index in [1.54, 1.807) is 6.20 Å². The molecule has 0 aliphatic carbocycles. The van der Waals surface area contributed by atoms with E-state index >= 15 is 0 Å². The minimum absolute atomic E-state index is 0.0788. The first kappa shape index (κ1) is 18.6. The topological polar surface area (TPSA) is 74.5 Å². The van der Waals surface area contributed by atoms with Gasteiger partial charge < -0.3 is 19.5 Å². The molecule has 3 aromatic rings. The summed E-state index contributed by atoms with van der Waals surface area (Å²) in [4.78, 5) is 26.1. The molecule has 0 radical (unpaired) electrons. The van der Waals surface area contributed by atoms with E-state index in [-0.39, 0.29) is 12.5 Å². The normalized spacial score (nSPS) is 15.3. The van der Waals surface area contributed by atoms with E-state index in [0.29, 0.717) is 18.5 Å². The molecule has 1 amide bonds. The molecule has 1 aliphatic rings. The quantitative estimate of drug-likeness (QED) is 0.733. The molecule has 28 heavy (non-hydrogen) atoms. The monoisotopic (exact) mass is 379 g/mol. The van der Waals surface area contributed by atoms with Gasteiger partial charge in [-0.15, -0.1) is 0 Å². The minimum Gasteiger partial charge on any atom is -0.396 e. The lowest BCUT2D eigenvalue weighted by atomic mass is 10.1. The third-order valence-electron chi connectivity index (χ3n) is 5.22. The number of amides is 1. The average Bonchev–Trinajstić information content (AvgIpc) is 3.11. The van der Waals surface area contributed by atoms with Gasteiger partial charge in [-0.05, 0) is 37.7 Å². The van der Waals surface area contributed by atoms with Crippen LogP contribution in [0.2, 0.25) is 0 Å². The third-order valence-corrected chi connectivity index (χ3v) is 5.22. The molecule has 1 N–H and O–H groups in total. The fraction of sp³-hybridized carbons (Fsp3) is 0.381. The Morgan fingerprint density at radius 3 is 2.57 bits per heavy atom. The maximum Gasteiger partial charge on any atom is 0.253 e. The van der Waals surface area contributed by atoms with Crippen LogP contribution in [0.5, 0.6) is 0 Å². The van der Waals surface area contributed by atoms with Gasteiger partial charge in [0.25, 0.3) is 5.91 Å². The Hall–Kier alpha value is -2.77. The van der Waals surface area contributed by atoms with Crippen molar-refractivity contribution in [3.63, 3.8) is 0 Å². The number of pyridine rings is 1. The highest BCUT2D eigenvalue weighted by molar-refractivity contribution is 5.94. The maximum atomic E-state index is 12.8. The summed E-state index contributed by atoms with van der Waals surface area (Å²) in [5, 5.41) is 9.24. The van der Waals surface area contributed by atoms with Gasteiger partial charge in [-0.3, -0.25) is 4.79 Å². The number of aromatic nitrogens is 3. The van der Waals surface area contributed by atoms with E-state index < -0.39 is 0 Å². The van der Waals surface area contributed by atoms with Gasteiger partial charge >= 0.3 is 0 Å². The van der Waals surface area contributed by atoms with Gasteiger partial charge in [-0.2, -0.15) is 0 Å². The van der Waals surface area contributed by atoms with E-state index in [0.717, 1.165) is 48.7 Å². The molecule has 146 valence electrons. The Labute approximate surface area is 164 Å². The number of nitrogens with zero attached hydrogens (tertiary/aromatic N) is 5. The van der Waals surface area contributed by atoms with Crippen molar-refractivity contribution in [1.82, 2.24) is 24.3 Å². The summed E-state index contributed by atoms with van der Waals surface area (Å²) in [7, 11) is 2.08. The van der Waals surface area contributed by atoms with Crippen molar-refractivity contribution in [1.29, 1.82) is 0 Å². The number of aliphatic hydroxyl groups excluding tert-OH is 1. The Bertz CT molecular complexity index is 959. The first-order chi connectivity index (χ1) is 13.7. The van der Waals surface area contributed by atoms with Gasteiger partial charge in [-0.1, -0.05) is 12.1 Å². The first-order valence-corrected chi connectivity index (χ1v) is 9.68. The number of benzene rings is 1. The molecular weight excluding hydrogens is 354 g/mol. The summed E-state index contributed by atoms with van der Waals surface area (Å²) < 4.78 is 2.03. The van der Waals surface area contributed by atoms with Gasteiger partial charge in [0, 0.05) is 56.7 Å². The average molecular weight is 379 g/mol. The molecule has 1 fully saturated rings. The number of fused-ring (bicyclic) bond motifs is 1. The van der Waals surface area contributed by atoms with E-state index in [1.807, 2.05) is 45.9 Å². The molecule has 1 aliphatic heterocycles. The number of likely N-dealkylation sites (N-methyl/N-ethyl adjacent to an activating group) is 1. The number of hydrogen-bond acceptors (Lipinski definition) is 5. The van der Waals surface area contributed by atoms with Gasteiger partial charge in [0.1, 0.15) is 11.3 Å². The number of carbonyl (C=O) groups is 1. The Balaban J connectivity index is 1.61. The van der Waals surface area contributed by atoms with Crippen molar-refractivity contribution in [2.24, 2.45) is 0 Å². The van der Waals surface area contributed by atoms with Crippen LogP contribution in [-0.2, 0) is 6.54 Å². The zero-order valence-corrected chi connectivity index (χ0v) is 16.1. The van der Waals surface area contributed by atoms with Gasteiger partial charge in [-0.25, -0.2) is 9.97 Å². The van der Waals surface area contributed by atoms with Crippen LogP contribution < -0.4 is 0 Å². The summed E-state index contributed by atoms with van der Waals surface area (Å²) in [5.41, 5.74) is 3.27. The zero-order chi connectivity index (χ0) is 19.5. The summed E-state index contributed by atoms with van der Waals surface area (Å²) >= 11 is 0. The number of imidazole rings is 1. The number of piperazine rings is 1. The van der Waals surface area contributed by atoms with Gasteiger partial charge in [0.05, 0.1) is 0 Å². The number of rotatable bonds is 5. The van der Waals surface area contributed by atoms with Crippen LogP contribution in [0.4, 0.5) is 0 Å². The summed E-state index contributed by atoms with van der Waals surface area (Å²) in [6, 6.07) is 11.4. The molecule has 1 saturated heterocycles. The maximum absolute atomic E-state index is 12.8. The lowest BCUT2D eigenvalue weighted by Gasteiger charge is -2.32. The Morgan fingerprint density at radius 1 is 1.11 bits per heavy atom. The van der Waals surface area contributed by atoms with E-state index in [9.17, 15) is 9.90 Å². The standard InChI is InChI=1S/C21H25N5O2/c1-24-11-13-25(14-12-24)21(28)17-7-5-16(6-8-17)19-23-18-4-2-9-22-20(18)26(19)10-3-15-27/h2,4-9,27H,3,10-15H2,1H3. The van der Waals surface area contributed by atoms with Crippen LogP contribution in [0.1, 0.15) is 16.8 Å². The highest BCUT2D eigenvalue weighted by Crippen LogP contribution is 2.24. The van der Waals surface area contributed by atoms with Crippen LogP contribution in [0.3, 0.4) is 0 Å². The second kappa shape index (κ2) is 8.08. The van der Waals surface area contributed by atoms with Crippen LogP contribution in [-0.4, -0.2) is 75.2 Å². The van der Waals surface area contributed by atoms with Crippen molar-refractivity contribution in [2.75, 3.05) is 39.8 Å². The van der Waals surface area contributed by atoms with Crippen LogP contribution >= 0.6 is 0 Å². The van der Waals surface area contributed by atoms with E-state index in [1.165, 1.54) is 0 Å². The second-order valence-electron chi connectivity index (χ2n) is 7.18. The molecule has 0 atom stereocenters. The van der Waals surface area contributed by atoms with Gasteiger partial charge in [0.2, 0.25) is 0 Å². The summed E-state index contributed by atoms with van der Waals surface area (Å²) in [6.45, 7) is 4.10. The molecule has 2 aromatic heterocycles. The molecular formula is C21H25N5O2. The summed E-state index contributed by atoms with van der Waals surface area (Å²) in [5.74, 6) is 0.885. The predicted molar refractivity (Wildman–Crippen MR) is 108 cm³/mol. The van der Waals surface area contributed by atoms with Crippen molar-refractivity contribution in [3.05, 3.63) is 48.2 Å². The first-order valence-electron chi connectivity index (χ1n) is 9.68.